The molecule has 6 heteroatoms. The molecule has 21 heavy (non-hydrogen) atoms. The molecule has 0 unspecified atom stereocenters. The Morgan fingerprint density at radius 3 is 2.86 bits per heavy atom. The third kappa shape index (κ3) is 2.63. The predicted molar refractivity (Wildman–Crippen MR) is 84.8 cm³/mol. The summed E-state index contributed by atoms with van der Waals surface area (Å²) in [6, 6.07) is 4.30. The standard InChI is InChI=1S/C15H18N4OS/c1-3-13(4-2)18-7-5-12(17-18)10-19-15(20)14-11(9-16-19)6-8-21-14/h5-9,13H,3-4,10H2,1-2H3. The summed E-state index contributed by atoms with van der Waals surface area (Å²) in [5, 5.41) is 11.6. The lowest BCUT2D eigenvalue weighted by Crippen LogP contribution is -2.22. The molecule has 0 aromatic carbocycles. The lowest BCUT2D eigenvalue weighted by molar-refractivity contribution is 0.423. The summed E-state index contributed by atoms with van der Waals surface area (Å²) in [6.45, 7) is 4.73. The van der Waals surface area contributed by atoms with Crippen LogP contribution >= 0.6 is 11.3 Å². The smallest absolute Gasteiger partial charge is 0.269 e. The molecule has 3 aromatic heterocycles. The van der Waals surface area contributed by atoms with Gasteiger partial charge < -0.3 is 0 Å². The van der Waals surface area contributed by atoms with E-state index in [-0.39, 0.29) is 5.56 Å². The minimum Gasteiger partial charge on any atom is -0.269 e. The van der Waals surface area contributed by atoms with E-state index < -0.39 is 0 Å². The van der Waals surface area contributed by atoms with E-state index in [0.717, 1.165) is 28.6 Å². The zero-order chi connectivity index (χ0) is 14.8. The third-order valence-corrected chi connectivity index (χ3v) is 4.67. The minimum absolute atomic E-state index is 0.0421. The first kappa shape index (κ1) is 14.0. The lowest BCUT2D eigenvalue weighted by Gasteiger charge is -2.12. The van der Waals surface area contributed by atoms with Crippen molar-refractivity contribution in [1.29, 1.82) is 0 Å². The van der Waals surface area contributed by atoms with E-state index in [1.807, 2.05) is 28.4 Å². The molecule has 0 spiro atoms. The summed E-state index contributed by atoms with van der Waals surface area (Å²) >= 11 is 1.46. The molecular weight excluding hydrogens is 284 g/mol. The highest BCUT2D eigenvalue weighted by atomic mass is 32.1. The van der Waals surface area contributed by atoms with Crippen LogP contribution in [0.3, 0.4) is 0 Å². The van der Waals surface area contributed by atoms with Crippen LogP contribution in [0.1, 0.15) is 38.4 Å². The Morgan fingerprint density at radius 1 is 1.29 bits per heavy atom. The molecule has 3 heterocycles. The van der Waals surface area contributed by atoms with Crippen molar-refractivity contribution in [3.63, 3.8) is 0 Å². The zero-order valence-corrected chi connectivity index (χ0v) is 13.0. The molecule has 0 N–H and O–H groups in total. The lowest BCUT2D eigenvalue weighted by atomic mass is 10.2. The Balaban J connectivity index is 1.88. The molecule has 0 amide bonds. The van der Waals surface area contributed by atoms with Gasteiger partial charge in [-0.1, -0.05) is 13.8 Å². The fraction of sp³-hybridized carbons (Fsp3) is 0.400. The number of hydrogen-bond donors (Lipinski definition) is 0. The summed E-state index contributed by atoms with van der Waals surface area (Å²) in [4.78, 5) is 12.3. The van der Waals surface area contributed by atoms with Crippen LogP contribution in [-0.4, -0.2) is 19.6 Å². The van der Waals surface area contributed by atoms with Gasteiger partial charge in [-0.05, 0) is 30.4 Å². The first-order valence-electron chi connectivity index (χ1n) is 7.20. The molecule has 110 valence electrons. The first-order chi connectivity index (χ1) is 10.2. The Bertz CT molecular complexity index is 797. The maximum Gasteiger partial charge on any atom is 0.285 e. The quantitative estimate of drug-likeness (QED) is 0.728. The van der Waals surface area contributed by atoms with Crippen LogP contribution in [0.5, 0.6) is 0 Å². The van der Waals surface area contributed by atoms with E-state index in [4.69, 9.17) is 0 Å². The summed E-state index contributed by atoms with van der Waals surface area (Å²) in [5.41, 5.74) is 0.826. The van der Waals surface area contributed by atoms with Crippen molar-refractivity contribution >= 4 is 21.4 Å². The van der Waals surface area contributed by atoms with Crippen molar-refractivity contribution in [1.82, 2.24) is 19.6 Å². The number of rotatable bonds is 5. The summed E-state index contributed by atoms with van der Waals surface area (Å²) in [5.74, 6) is 0. The summed E-state index contributed by atoms with van der Waals surface area (Å²) < 4.78 is 4.23. The monoisotopic (exact) mass is 302 g/mol. The molecule has 0 aliphatic rings. The average Bonchev–Trinajstić information content (AvgIpc) is 3.13. The van der Waals surface area contributed by atoms with Gasteiger partial charge in [-0.25, -0.2) is 4.68 Å². The largest absolute Gasteiger partial charge is 0.285 e. The molecule has 3 aromatic rings. The Kier molecular flexibility index (Phi) is 3.88. The summed E-state index contributed by atoms with van der Waals surface area (Å²) in [6.07, 6.45) is 5.83. The molecule has 0 radical (unpaired) electrons. The van der Waals surface area contributed by atoms with Gasteiger partial charge in [-0.15, -0.1) is 11.3 Å². The topological polar surface area (TPSA) is 52.7 Å². The predicted octanol–water partition coefficient (Wildman–Crippen LogP) is 3.06. The Morgan fingerprint density at radius 2 is 2.10 bits per heavy atom. The van der Waals surface area contributed by atoms with Crippen molar-refractivity contribution in [3.05, 3.63) is 46.0 Å². The summed E-state index contributed by atoms with van der Waals surface area (Å²) in [7, 11) is 0. The Labute approximate surface area is 126 Å². The maximum atomic E-state index is 12.3. The molecule has 0 aliphatic carbocycles. The average molecular weight is 302 g/mol. The van der Waals surface area contributed by atoms with Crippen LogP contribution in [0.4, 0.5) is 0 Å². The second-order valence-electron chi connectivity index (χ2n) is 5.07. The molecule has 0 bridgehead atoms. The van der Waals surface area contributed by atoms with Crippen molar-refractivity contribution in [2.75, 3.05) is 0 Å². The van der Waals surface area contributed by atoms with Crippen LogP contribution < -0.4 is 5.56 Å². The van der Waals surface area contributed by atoms with Gasteiger partial charge in [-0.3, -0.25) is 9.48 Å². The van der Waals surface area contributed by atoms with Crippen molar-refractivity contribution in [2.24, 2.45) is 0 Å². The number of nitrogens with zero attached hydrogens (tertiary/aromatic N) is 4. The molecule has 0 atom stereocenters. The number of aromatic nitrogens is 4. The highest BCUT2D eigenvalue weighted by molar-refractivity contribution is 7.17. The van der Waals surface area contributed by atoms with Gasteiger partial charge in [0.15, 0.2) is 0 Å². The third-order valence-electron chi connectivity index (χ3n) is 3.75. The van der Waals surface area contributed by atoms with E-state index >= 15 is 0 Å². The van der Waals surface area contributed by atoms with Crippen LogP contribution in [-0.2, 0) is 6.54 Å². The van der Waals surface area contributed by atoms with Gasteiger partial charge in [0.25, 0.3) is 5.56 Å². The first-order valence-corrected chi connectivity index (χ1v) is 8.08. The molecule has 0 saturated carbocycles. The van der Waals surface area contributed by atoms with Gasteiger partial charge >= 0.3 is 0 Å². The SMILES string of the molecule is CCC(CC)n1ccc(Cn2ncc3ccsc3c2=O)n1. The van der Waals surface area contributed by atoms with Crippen LogP contribution in [0.2, 0.25) is 0 Å². The molecule has 0 aliphatic heterocycles. The fourth-order valence-corrected chi connectivity index (χ4v) is 3.30. The number of fused-ring (bicyclic) bond motifs is 1. The minimum atomic E-state index is -0.0421. The van der Waals surface area contributed by atoms with Gasteiger partial charge in [0.05, 0.1) is 24.5 Å². The second-order valence-corrected chi connectivity index (χ2v) is 5.99. The molecular formula is C15H18N4OS. The van der Waals surface area contributed by atoms with E-state index in [9.17, 15) is 4.79 Å². The molecule has 0 fully saturated rings. The van der Waals surface area contributed by atoms with E-state index in [1.165, 1.54) is 16.0 Å². The number of thiophene rings is 1. The van der Waals surface area contributed by atoms with Crippen LogP contribution in [0, 0.1) is 0 Å². The Hall–Kier alpha value is -1.95. The number of hydrogen-bond acceptors (Lipinski definition) is 4. The molecule has 3 rings (SSSR count). The molecule has 0 saturated heterocycles. The van der Waals surface area contributed by atoms with Gasteiger partial charge in [0.1, 0.15) is 4.70 Å². The fourth-order valence-electron chi connectivity index (χ4n) is 2.49. The molecule has 5 nitrogen and oxygen atoms in total. The zero-order valence-electron chi connectivity index (χ0n) is 12.2. The maximum absolute atomic E-state index is 12.3. The normalized spacial score (nSPS) is 11.6. The van der Waals surface area contributed by atoms with Gasteiger partial charge in [0, 0.05) is 11.6 Å². The van der Waals surface area contributed by atoms with Gasteiger partial charge in [0.2, 0.25) is 0 Å². The highest BCUT2D eigenvalue weighted by Crippen LogP contribution is 2.16. The van der Waals surface area contributed by atoms with Crippen LogP contribution in [0.15, 0.2) is 34.7 Å². The highest BCUT2D eigenvalue weighted by Gasteiger charge is 2.10. The van der Waals surface area contributed by atoms with Crippen molar-refractivity contribution in [2.45, 2.75) is 39.3 Å². The van der Waals surface area contributed by atoms with Crippen molar-refractivity contribution < 1.29 is 0 Å². The van der Waals surface area contributed by atoms with Gasteiger partial charge in [-0.2, -0.15) is 10.2 Å². The van der Waals surface area contributed by atoms with E-state index in [1.54, 1.807) is 6.20 Å². The van der Waals surface area contributed by atoms with E-state index in [0.29, 0.717) is 12.6 Å². The second kappa shape index (κ2) is 5.81. The van der Waals surface area contributed by atoms with Crippen molar-refractivity contribution in [3.8, 4) is 0 Å². The van der Waals surface area contributed by atoms with E-state index in [2.05, 4.69) is 24.0 Å². The van der Waals surface area contributed by atoms with Crippen LogP contribution in [0.25, 0.3) is 10.1 Å².